The third-order valence-electron chi connectivity index (χ3n) is 3.80. The van der Waals surface area contributed by atoms with E-state index in [-0.39, 0.29) is 18.5 Å². The summed E-state index contributed by atoms with van der Waals surface area (Å²) < 4.78 is 0. The second-order valence-corrected chi connectivity index (χ2v) is 6.57. The Kier molecular flexibility index (Phi) is 8.00. The molecular weight excluding hydrogens is 377 g/mol. The molecule has 1 aromatic rings. The smallest absolute Gasteiger partial charge is 0.324 e. The second-order valence-electron chi connectivity index (χ2n) is 5.73. The van der Waals surface area contributed by atoms with Crippen LogP contribution in [0.2, 0.25) is 10.0 Å². The summed E-state index contributed by atoms with van der Waals surface area (Å²) in [5, 5.41) is 10.1. The average molecular weight is 400 g/mol. The molecule has 1 heterocycles. The molecule has 1 fully saturated rings. The molecule has 2 rings (SSSR count). The van der Waals surface area contributed by atoms with E-state index in [1.165, 1.54) is 4.90 Å². The summed E-state index contributed by atoms with van der Waals surface area (Å²) in [7, 11) is 0. The number of hydrogen-bond donors (Lipinski definition) is 3. The Hall–Kier alpha value is -1.99. The minimum atomic E-state index is -0.349. The van der Waals surface area contributed by atoms with Crippen LogP contribution in [0.15, 0.2) is 23.2 Å². The van der Waals surface area contributed by atoms with Gasteiger partial charge in [0, 0.05) is 36.2 Å². The van der Waals surface area contributed by atoms with Gasteiger partial charge in [-0.3, -0.25) is 14.7 Å². The van der Waals surface area contributed by atoms with E-state index in [9.17, 15) is 9.59 Å². The fraction of sp³-hybridized carbons (Fsp3) is 0.471. The Morgan fingerprint density at radius 3 is 2.77 bits per heavy atom. The van der Waals surface area contributed by atoms with Crippen LogP contribution in [0.5, 0.6) is 0 Å². The molecule has 0 radical (unpaired) electrons. The summed E-state index contributed by atoms with van der Waals surface area (Å²) in [6.45, 7) is 4.13. The van der Waals surface area contributed by atoms with Crippen molar-refractivity contribution in [3.05, 3.63) is 33.8 Å². The molecule has 3 N–H and O–H groups in total. The van der Waals surface area contributed by atoms with E-state index >= 15 is 0 Å². The molecule has 0 bridgehead atoms. The number of urea groups is 1. The van der Waals surface area contributed by atoms with Crippen LogP contribution in [-0.2, 0) is 11.2 Å². The molecule has 1 saturated heterocycles. The van der Waals surface area contributed by atoms with Crippen molar-refractivity contribution in [2.45, 2.75) is 19.8 Å². The first kappa shape index (κ1) is 20.3. The second kappa shape index (κ2) is 10.2. The molecule has 1 aliphatic heterocycles. The van der Waals surface area contributed by atoms with Gasteiger partial charge < -0.3 is 16.0 Å². The fourth-order valence-corrected chi connectivity index (χ4v) is 3.00. The number of nitrogens with one attached hydrogen (secondary N) is 3. The highest BCUT2D eigenvalue weighted by Gasteiger charge is 2.27. The molecule has 142 valence electrons. The SMILES string of the molecule is CCNC(=NCCCc1ccc(Cl)cc1Cl)NCCN1C(=O)CNC1=O. The summed E-state index contributed by atoms with van der Waals surface area (Å²) >= 11 is 12.1. The quantitative estimate of drug-likeness (QED) is 0.270. The number of rotatable bonds is 8. The van der Waals surface area contributed by atoms with E-state index < -0.39 is 0 Å². The lowest BCUT2D eigenvalue weighted by Crippen LogP contribution is -2.43. The Bertz CT molecular complexity index is 665. The van der Waals surface area contributed by atoms with Crippen LogP contribution >= 0.6 is 23.2 Å². The highest BCUT2D eigenvalue weighted by atomic mass is 35.5. The Balaban J connectivity index is 1.76. The number of aliphatic imine (C=N–C) groups is 1. The molecule has 7 nitrogen and oxygen atoms in total. The van der Waals surface area contributed by atoms with Gasteiger partial charge in [-0.15, -0.1) is 0 Å². The molecule has 0 saturated carbocycles. The fourth-order valence-electron chi connectivity index (χ4n) is 2.49. The lowest BCUT2D eigenvalue weighted by Gasteiger charge is -2.15. The van der Waals surface area contributed by atoms with Gasteiger partial charge in [0.05, 0.1) is 6.54 Å². The Morgan fingerprint density at radius 2 is 2.12 bits per heavy atom. The molecule has 1 aromatic carbocycles. The maximum atomic E-state index is 11.5. The maximum Gasteiger partial charge on any atom is 0.324 e. The molecule has 0 aromatic heterocycles. The van der Waals surface area contributed by atoms with Gasteiger partial charge >= 0.3 is 6.03 Å². The first-order valence-corrected chi connectivity index (χ1v) is 9.31. The van der Waals surface area contributed by atoms with Gasteiger partial charge in [0.15, 0.2) is 5.96 Å². The van der Waals surface area contributed by atoms with E-state index in [1.807, 2.05) is 19.1 Å². The van der Waals surface area contributed by atoms with Crippen LogP contribution < -0.4 is 16.0 Å². The largest absolute Gasteiger partial charge is 0.357 e. The molecule has 26 heavy (non-hydrogen) atoms. The molecule has 0 atom stereocenters. The van der Waals surface area contributed by atoms with Crippen LogP contribution in [0.4, 0.5) is 4.79 Å². The minimum absolute atomic E-state index is 0.0697. The van der Waals surface area contributed by atoms with Gasteiger partial charge in [0.1, 0.15) is 0 Å². The van der Waals surface area contributed by atoms with Gasteiger partial charge in [0.25, 0.3) is 0 Å². The van der Waals surface area contributed by atoms with Gasteiger partial charge in [-0.1, -0.05) is 29.3 Å². The number of benzene rings is 1. The van der Waals surface area contributed by atoms with Crippen LogP contribution in [0, 0.1) is 0 Å². The zero-order valence-electron chi connectivity index (χ0n) is 14.6. The van der Waals surface area contributed by atoms with Gasteiger partial charge in [0.2, 0.25) is 5.91 Å². The predicted molar refractivity (Wildman–Crippen MR) is 104 cm³/mol. The molecule has 0 aliphatic carbocycles. The number of aryl methyl sites for hydroxylation is 1. The highest BCUT2D eigenvalue weighted by Crippen LogP contribution is 2.21. The number of carbonyl (C=O) groups excluding carboxylic acids is 2. The summed E-state index contributed by atoms with van der Waals surface area (Å²) in [5.41, 5.74) is 1.04. The normalized spacial score (nSPS) is 14.6. The maximum absolute atomic E-state index is 11.5. The topological polar surface area (TPSA) is 85.8 Å². The number of imide groups is 1. The van der Waals surface area contributed by atoms with Crippen LogP contribution in [0.3, 0.4) is 0 Å². The van der Waals surface area contributed by atoms with E-state index in [0.29, 0.717) is 35.6 Å². The van der Waals surface area contributed by atoms with E-state index in [0.717, 1.165) is 24.9 Å². The zero-order chi connectivity index (χ0) is 18.9. The zero-order valence-corrected chi connectivity index (χ0v) is 16.2. The third kappa shape index (κ3) is 6.07. The average Bonchev–Trinajstić information content (AvgIpc) is 2.92. The van der Waals surface area contributed by atoms with Crippen molar-refractivity contribution in [3.63, 3.8) is 0 Å². The number of guanidine groups is 1. The van der Waals surface area contributed by atoms with E-state index in [4.69, 9.17) is 23.2 Å². The first-order chi connectivity index (χ1) is 12.5. The van der Waals surface area contributed by atoms with Crippen LogP contribution in [0.25, 0.3) is 0 Å². The van der Waals surface area contributed by atoms with Crippen molar-refractivity contribution in [2.24, 2.45) is 4.99 Å². The number of hydrogen-bond acceptors (Lipinski definition) is 3. The van der Waals surface area contributed by atoms with Crippen LogP contribution in [-0.4, -0.2) is 55.5 Å². The summed E-state index contributed by atoms with van der Waals surface area (Å²) in [6, 6.07) is 5.14. The number of halogens is 2. The summed E-state index contributed by atoms with van der Waals surface area (Å²) in [6.07, 6.45) is 1.65. The first-order valence-electron chi connectivity index (χ1n) is 8.55. The van der Waals surface area contributed by atoms with Crippen molar-refractivity contribution < 1.29 is 9.59 Å². The lowest BCUT2D eigenvalue weighted by molar-refractivity contribution is -0.124. The molecule has 3 amide bonds. The predicted octanol–water partition coefficient (Wildman–Crippen LogP) is 2.03. The molecule has 9 heteroatoms. The molecule has 1 aliphatic rings. The van der Waals surface area contributed by atoms with Crippen molar-refractivity contribution >= 4 is 41.1 Å². The molecular formula is C17H23Cl2N5O2. The third-order valence-corrected chi connectivity index (χ3v) is 4.39. The number of amides is 3. The van der Waals surface area contributed by atoms with Crippen LogP contribution in [0.1, 0.15) is 18.9 Å². The van der Waals surface area contributed by atoms with E-state index in [1.54, 1.807) is 6.07 Å². The van der Waals surface area contributed by atoms with Gasteiger partial charge in [-0.25, -0.2) is 4.79 Å². The standard InChI is InChI=1S/C17H23Cl2N5O2/c1-2-20-16(22-8-9-24-15(25)11-23-17(24)26)21-7-3-4-12-5-6-13(18)10-14(12)19/h5-6,10H,2-4,7-9,11H2,1H3,(H,23,26)(H2,20,21,22). The Labute approximate surface area is 163 Å². The monoisotopic (exact) mass is 399 g/mol. The number of nitrogens with zero attached hydrogens (tertiary/aromatic N) is 2. The lowest BCUT2D eigenvalue weighted by atomic mass is 10.1. The van der Waals surface area contributed by atoms with E-state index in [2.05, 4.69) is 20.9 Å². The Morgan fingerprint density at radius 1 is 1.31 bits per heavy atom. The highest BCUT2D eigenvalue weighted by molar-refractivity contribution is 6.35. The molecule has 0 spiro atoms. The number of carbonyl (C=O) groups is 2. The molecule has 0 unspecified atom stereocenters. The van der Waals surface area contributed by atoms with Crippen molar-refractivity contribution in [3.8, 4) is 0 Å². The minimum Gasteiger partial charge on any atom is -0.357 e. The van der Waals surface area contributed by atoms with Gasteiger partial charge in [-0.2, -0.15) is 0 Å². The van der Waals surface area contributed by atoms with Crippen molar-refractivity contribution in [2.75, 3.05) is 32.7 Å². The summed E-state index contributed by atoms with van der Waals surface area (Å²) in [4.78, 5) is 28.7. The summed E-state index contributed by atoms with van der Waals surface area (Å²) in [5.74, 6) is 0.445. The van der Waals surface area contributed by atoms with Crippen molar-refractivity contribution in [1.82, 2.24) is 20.9 Å². The van der Waals surface area contributed by atoms with Crippen molar-refractivity contribution in [1.29, 1.82) is 0 Å². The van der Waals surface area contributed by atoms with Gasteiger partial charge in [-0.05, 0) is 37.5 Å².